The fourth-order valence-electron chi connectivity index (χ4n) is 3.30. The van der Waals surface area contributed by atoms with E-state index in [1.807, 2.05) is 38.1 Å². The van der Waals surface area contributed by atoms with Crippen molar-refractivity contribution in [1.29, 1.82) is 0 Å². The highest BCUT2D eigenvalue weighted by molar-refractivity contribution is 7.99. The molecule has 0 aliphatic heterocycles. The van der Waals surface area contributed by atoms with E-state index in [4.69, 9.17) is 16.3 Å². The highest BCUT2D eigenvalue weighted by Gasteiger charge is 2.16. The summed E-state index contributed by atoms with van der Waals surface area (Å²) in [5.41, 5.74) is 1.55. The van der Waals surface area contributed by atoms with E-state index in [9.17, 15) is 14.4 Å². The van der Waals surface area contributed by atoms with Crippen molar-refractivity contribution in [3.8, 4) is 0 Å². The van der Waals surface area contributed by atoms with Gasteiger partial charge in [-0.25, -0.2) is 9.78 Å². The van der Waals surface area contributed by atoms with Crippen LogP contribution in [0.5, 0.6) is 0 Å². The SMILES string of the molecule is COC(=O)c1ccc2c(=O)n(CC(C)C)c(SCC(=O)NCCc3cccc(Cl)c3)nc2c1. The molecule has 9 heteroatoms. The van der Waals surface area contributed by atoms with Crippen LogP contribution in [0.2, 0.25) is 5.02 Å². The Hall–Kier alpha value is -2.84. The van der Waals surface area contributed by atoms with Crippen LogP contribution in [0.25, 0.3) is 10.9 Å². The maximum absolute atomic E-state index is 13.1. The molecule has 0 aliphatic rings. The predicted octanol–water partition coefficient (Wildman–Crippen LogP) is 3.94. The molecule has 0 atom stereocenters. The second-order valence-electron chi connectivity index (χ2n) is 7.95. The number of fused-ring (bicyclic) bond motifs is 1. The Morgan fingerprint density at radius 2 is 2.00 bits per heavy atom. The van der Waals surface area contributed by atoms with Gasteiger partial charge >= 0.3 is 5.97 Å². The number of aromatic nitrogens is 2. The maximum atomic E-state index is 13.1. The molecule has 7 nitrogen and oxygen atoms in total. The first-order chi connectivity index (χ1) is 15.8. The van der Waals surface area contributed by atoms with Gasteiger partial charge in [0.15, 0.2) is 5.16 Å². The smallest absolute Gasteiger partial charge is 0.337 e. The van der Waals surface area contributed by atoms with Crippen LogP contribution in [-0.4, -0.2) is 40.8 Å². The topological polar surface area (TPSA) is 90.3 Å². The van der Waals surface area contributed by atoms with Gasteiger partial charge in [-0.15, -0.1) is 0 Å². The molecular formula is C24H26ClN3O4S. The Balaban J connectivity index is 1.75. The molecule has 174 valence electrons. The number of halogens is 1. The molecule has 0 bridgehead atoms. The molecule has 3 aromatic rings. The lowest BCUT2D eigenvalue weighted by molar-refractivity contribution is -0.118. The summed E-state index contributed by atoms with van der Waals surface area (Å²) in [5, 5.41) is 4.40. The molecule has 1 aromatic heterocycles. The number of methoxy groups -OCH3 is 1. The molecular weight excluding hydrogens is 462 g/mol. The van der Waals surface area contributed by atoms with E-state index in [2.05, 4.69) is 10.3 Å². The average molecular weight is 488 g/mol. The number of benzene rings is 2. The van der Waals surface area contributed by atoms with Gasteiger partial charge in [-0.3, -0.25) is 14.2 Å². The van der Waals surface area contributed by atoms with Gasteiger partial charge in [0.25, 0.3) is 5.56 Å². The van der Waals surface area contributed by atoms with E-state index in [1.165, 1.54) is 24.9 Å². The molecule has 0 saturated heterocycles. The predicted molar refractivity (Wildman–Crippen MR) is 131 cm³/mol. The van der Waals surface area contributed by atoms with Crippen molar-refractivity contribution in [2.45, 2.75) is 32.0 Å². The lowest BCUT2D eigenvalue weighted by Crippen LogP contribution is -2.29. The van der Waals surface area contributed by atoms with Gasteiger partial charge in [-0.2, -0.15) is 0 Å². The number of thioether (sulfide) groups is 1. The fraction of sp³-hybridized carbons (Fsp3) is 0.333. The van der Waals surface area contributed by atoms with Crippen LogP contribution in [-0.2, 0) is 22.5 Å². The molecule has 0 unspecified atom stereocenters. The Labute approximate surface area is 201 Å². The third-order valence-corrected chi connectivity index (χ3v) is 6.06. The number of nitrogens with zero attached hydrogens (tertiary/aromatic N) is 2. The Morgan fingerprint density at radius 3 is 2.70 bits per heavy atom. The van der Waals surface area contributed by atoms with Gasteiger partial charge < -0.3 is 10.1 Å². The molecule has 1 amide bonds. The lowest BCUT2D eigenvalue weighted by Gasteiger charge is -2.15. The van der Waals surface area contributed by atoms with E-state index < -0.39 is 5.97 Å². The molecule has 0 fully saturated rings. The van der Waals surface area contributed by atoms with Crippen LogP contribution in [0, 0.1) is 5.92 Å². The summed E-state index contributed by atoms with van der Waals surface area (Å²) in [7, 11) is 1.30. The first-order valence-corrected chi connectivity index (χ1v) is 11.9. The molecule has 0 radical (unpaired) electrons. The van der Waals surface area contributed by atoms with E-state index in [-0.39, 0.29) is 23.1 Å². The van der Waals surface area contributed by atoms with Crippen LogP contribution in [0.15, 0.2) is 52.4 Å². The molecule has 33 heavy (non-hydrogen) atoms. The Morgan fingerprint density at radius 1 is 1.21 bits per heavy atom. The average Bonchev–Trinajstić information content (AvgIpc) is 2.78. The lowest BCUT2D eigenvalue weighted by atomic mass is 10.1. The Kier molecular flexibility index (Phi) is 8.52. The second-order valence-corrected chi connectivity index (χ2v) is 9.32. The normalized spacial score (nSPS) is 11.1. The fourth-order valence-corrected chi connectivity index (χ4v) is 4.35. The Bertz CT molecular complexity index is 1230. The molecule has 0 aliphatic carbocycles. The summed E-state index contributed by atoms with van der Waals surface area (Å²) in [6, 6.07) is 12.2. The number of rotatable bonds is 9. The summed E-state index contributed by atoms with van der Waals surface area (Å²) >= 11 is 7.19. The van der Waals surface area contributed by atoms with Crippen molar-refractivity contribution in [3.63, 3.8) is 0 Å². The van der Waals surface area contributed by atoms with E-state index in [0.717, 1.165) is 5.56 Å². The number of carbonyl (C=O) groups is 2. The molecule has 0 spiro atoms. The van der Waals surface area contributed by atoms with Crippen molar-refractivity contribution in [2.24, 2.45) is 5.92 Å². The summed E-state index contributed by atoms with van der Waals surface area (Å²) in [5.74, 6) is -0.335. The molecule has 3 rings (SSSR count). The number of amides is 1. The van der Waals surface area contributed by atoms with Crippen molar-refractivity contribution in [1.82, 2.24) is 14.9 Å². The number of esters is 1. The summed E-state index contributed by atoms with van der Waals surface area (Å²) in [4.78, 5) is 42.0. The summed E-state index contributed by atoms with van der Waals surface area (Å²) < 4.78 is 6.35. The molecule has 0 saturated carbocycles. The van der Waals surface area contributed by atoms with Crippen LogP contribution >= 0.6 is 23.4 Å². The number of hydrogen-bond acceptors (Lipinski definition) is 6. The van der Waals surface area contributed by atoms with Gasteiger partial charge in [-0.1, -0.05) is 49.3 Å². The monoisotopic (exact) mass is 487 g/mol. The van der Waals surface area contributed by atoms with Gasteiger partial charge in [0.1, 0.15) is 0 Å². The van der Waals surface area contributed by atoms with E-state index in [0.29, 0.717) is 46.2 Å². The minimum atomic E-state index is -0.502. The number of ether oxygens (including phenoxy) is 1. The van der Waals surface area contributed by atoms with E-state index in [1.54, 1.807) is 16.7 Å². The first kappa shape index (κ1) is 24.8. The zero-order valence-corrected chi connectivity index (χ0v) is 20.3. The van der Waals surface area contributed by atoms with Gasteiger partial charge in [0.05, 0.1) is 29.3 Å². The first-order valence-electron chi connectivity index (χ1n) is 10.6. The number of nitrogens with one attached hydrogen (secondary N) is 1. The number of carbonyl (C=O) groups excluding carboxylic acids is 2. The molecule has 1 N–H and O–H groups in total. The molecule has 2 aromatic carbocycles. The molecule has 1 heterocycles. The van der Waals surface area contributed by atoms with Gasteiger partial charge in [0.2, 0.25) is 5.91 Å². The van der Waals surface area contributed by atoms with Crippen molar-refractivity contribution >= 4 is 46.1 Å². The highest BCUT2D eigenvalue weighted by atomic mass is 35.5. The largest absolute Gasteiger partial charge is 0.465 e. The van der Waals surface area contributed by atoms with Crippen LogP contribution in [0.3, 0.4) is 0 Å². The second kappa shape index (κ2) is 11.3. The van der Waals surface area contributed by atoms with Crippen molar-refractivity contribution < 1.29 is 14.3 Å². The minimum Gasteiger partial charge on any atom is -0.465 e. The van der Waals surface area contributed by atoms with Crippen molar-refractivity contribution in [2.75, 3.05) is 19.4 Å². The minimum absolute atomic E-state index is 0.113. The maximum Gasteiger partial charge on any atom is 0.337 e. The third-order valence-electron chi connectivity index (χ3n) is 4.85. The zero-order valence-electron chi connectivity index (χ0n) is 18.8. The standard InChI is InChI=1S/C24H26ClN3O4S/c1-15(2)13-28-22(30)19-8-7-17(23(31)32-3)12-20(19)27-24(28)33-14-21(29)26-10-9-16-5-4-6-18(25)11-16/h4-8,11-12,15H,9-10,13-14H2,1-3H3,(H,26,29). The van der Waals surface area contributed by atoms with Crippen molar-refractivity contribution in [3.05, 3.63) is 69.0 Å². The van der Waals surface area contributed by atoms with Gasteiger partial charge in [-0.05, 0) is 48.2 Å². The van der Waals surface area contributed by atoms with Gasteiger partial charge in [0, 0.05) is 18.1 Å². The van der Waals surface area contributed by atoms with Crippen LogP contribution < -0.4 is 10.9 Å². The summed E-state index contributed by atoms with van der Waals surface area (Å²) in [6.45, 7) is 4.97. The van der Waals surface area contributed by atoms with E-state index >= 15 is 0 Å². The highest BCUT2D eigenvalue weighted by Crippen LogP contribution is 2.20. The number of hydrogen-bond donors (Lipinski definition) is 1. The summed E-state index contributed by atoms with van der Waals surface area (Å²) in [6.07, 6.45) is 0.666. The van der Waals surface area contributed by atoms with Crippen LogP contribution in [0.1, 0.15) is 29.8 Å². The quantitative estimate of drug-likeness (QED) is 0.279. The zero-order chi connectivity index (χ0) is 24.0. The third kappa shape index (κ3) is 6.58. The van der Waals surface area contributed by atoms with Crippen LogP contribution in [0.4, 0.5) is 0 Å².